The van der Waals surface area contributed by atoms with Crippen molar-refractivity contribution in [2.75, 3.05) is 25.1 Å². The lowest BCUT2D eigenvalue weighted by Crippen LogP contribution is -2.56. The van der Waals surface area contributed by atoms with Crippen LogP contribution in [0.1, 0.15) is 99.2 Å². The molecule has 5 aromatic carbocycles. The van der Waals surface area contributed by atoms with Gasteiger partial charge in [-0.2, -0.15) is 0 Å². The molecule has 0 spiro atoms. The zero-order valence-corrected chi connectivity index (χ0v) is 49.8. The van der Waals surface area contributed by atoms with E-state index in [1.807, 2.05) is 38.1 Å². The van der Waals surface area contributed by atoms with Gasteiger partial charge in [-0.15, -0.1) is 0 Å². The van der Waals surface area contributed by atoms with E-state index in [1.165, 1.54) is 47.7 Å². The van der Waals surface area contributed by atoms with Gasteiger partial charge < -0.3 is 41.9 Å². The van der Waals surface area contributed by atoms with Crippen LogP contribution in [-0.4, -0.2) is 128 Å². The van der Waals surface area contributed by atoms with Crippen molar-refractivity contribution < 1.29 is 58.5 Å². The molecule has 1 aliphatic heterocycles. The molecule has 4 amide bonds. The fourth-order valence-electron chi connectivity index (χ4n) is 10.4. The topological polar surface area (TPSA) is 280 Å². The second-order valence-corrected chi connectivity index (χ2v) is 24.9. The Morgan fingerprint density at radius 1 is 0.595 bits per heavy atom. The molecule has 1 fully saturated rings. The number of Topliss-reactive ketones (excluding diaryl/α,β-unsaturated/α-hetero) is 4. The molecule has 1 saturated heterocycles. The van der Waals surface area contributed by atoms with E-state index in [0.29, 0.717) is 36.0 Å². The quantitative estimate of drug-likeness (QED) is 0.0372. The standard InChI is InChI=1S/C65H79N5O12S2/c1-40(2)29-49-38-83-84-39-50(65(81)82)35-57(73)48(30-42-15-7-5-8-16-42)34-58(74)52(41(3)71)36-59(75)53(21-13-14-28-66)67-63(79)56(70(4)64(80)47-25-24-45-19-11-12-20-46(45)33-47)37-60(76)54(31-44-22-26-51(72)27-23-44)68-62(78)55(69-61(49)77)32-43-17-9-6-10-18-43/h5-12,15-20,22-27,33,40-41,48-50,52-56,71-72H,13-14,21,28-32,34-39,66H2,1-4H3,(H,67,79)(H,68,78)(H,69,77)(H,81,82)/t41?,48-,49-,50+,52+,53+,54+,55+,56+/m1/s1. The highest BCUT2D eigenvalue weighted by Crippen LogP contribution is 2.32. The number of carbonyl (C=O) groups is 9. The first-order valence-electron chi connectivity index (χ1n) is 28.7. The molecule has 9 atom stereocenters. The Hall–Kier alpha value is -7.19. The van der Waals surface area contributed by atoms with Crippen molar-refractivity contribution in [2.45, 2.75) is 122 Å². The second kappa shape index (κ2) is 32.8. The summed E-state index contributed by atoms with van der Waals surface area (Å²) >= 11 is 0. The Balaban J connectivity index is 1.45. The predicted molar refractivity (Wildman–Crippen MR) is 327 cm³/mol. The molecule has 84 heavy (non-hydrogen) atoms. The molecule has 6 rings (SSSR count). The van der Waals surface area contributed by atoms with Gasteiger partial charge in [-0.05, 0) is 110 Å². The number of rotatable bonds is 16. The molecule has 17 nitrogen and oxygen atoms in total. The molecule has 5 aromatic rings. The highest BCUT2D eigenvalue weighted by Gasteiger charge is 2.39. The number of aliphatic hydroxyl groups is 1. The van der Waals surface area contributed by atoms with E-state index in [0.717, 1.165) is 15.7 Å². The maximum Gasteiger partial charge on any atom is 0.307 e. The number of likely N-dealkylation sites (N-methyl/N-ethyl adjacent to an activating group) is 1. The van der Waals surface area contributed by atoms with Crippen molar-refractivity contribution in [3.63, 3.8) is 0 Å². The summed E-state index contributed by atoms with van der Waals surface area (Å²) in [6.45, 7) is 5.48. The van der Waals surface area contributed by atoms with Crippen LogP contribution in [0, 0.1) is 29.6 Å². The monoisotopic (exact) mass is 1190 g/mol. The Morgan fingerprint density at radius 3 is 1.80 bits per heavy atom. The number of aliphatic hydroxyl groups excluding tert-OH is 1. The van der Waals surface area contributed by atoms with Crippen LogP contribution in [-0.2, 0) is 57.6 Å². The number of carboxylic acid groups (broad SMARTS) is 1. The molecule has 0 saturated carbocycles. The lowest BCUT2D eigenvalue weighted by atomic mass is 9.81. The van der Waals surface area contributed by atoms with Gasteiger partial charge in [0, 0.05) is 68.1 Å². The van der Waals surface area contributed by atoms with Crippen LogP contribution >= 0.6 is 21.6 Å². The van der Waals surface area contributed by atoms with Crippen LogP contribution in [0.25, 0.3) is 10.8 Å². The van der Waals surface area contributed by atoms with Crippen LogP contribution in [0.5, 0.6) is 5.75 Å². The number of carbonyl (C=O) groups excluding carboxylic acids is 8. The average Bonchev–Trinajstić information content (AvgIpc) is 3.53. The summed E-state index contributed by atoms with van der Waals surface area (Å²) in [5, 5.41) is 42.2. The number of benzene rings is 5. The van der Waals surface area contributed by atoms with Crippen molar-refractivity contribution in [1.29, 1.82) is 0 Å². The molecule has 1 unspecified atom stereocenters. The number of aromatic hydroxyl groups is 1. The Labute approximate surface area is 499 Å². The normalized spacial score (nSPS) is 22.9. The van der Waals surface area contributed by atoms with Crippen molar-refractivity contribution in [3.05, 3.63) is 150 Å². The number of unbranched alkanes of at least 4 members (excludes halogenated alkanes) is 1. The zero-order chi connectivity index (χ0) is 60.9. The van der Waals surface area contributed by atoms with Crippen molar-refractivity contribution in [2.24, 2.45) is 35.3 Å². The number of hydrogen-bond donors (Lipinski definition) is 7. The van der Waals surface area contributed by atoms with Crippen molar-refractivity contribution >= 4 is 85.1 Å². The first kappa shape index (κ1) is 66.0. The van der Waals surface area contributed by atoms with Gasteiger partial charge in [-0.25, -0.2) is 0 Å². The number of aliphatic carboxylic acids is 1. The summed E-state index contributed by atoms with van der Waals surface area (Å²) in [5.41, 5.74) is 7.98. The number of phenolic OH excluding ortho intramolecular Hbond substituents is 1. The third kappa shape index (κ3) is 20.0. The minimum atomic E-state index is -1.63. The van der Waals surface area contributed by atoms with Gasteiger partial charge in [0.1, 0.15) is 29.4 Å². The molecule has 19 heteroatoms. The SMILES string of the molecule is CC(C)C[C@@H]1CSSC[C@@H](C(=O)O)CC(=O)[C@H](Cc2ccccc2)CC(=O)[C@H](C(C)O)CC(=O)[C@H](CCCCN)NC(=O)[C@@H](N(C)C(=O)c2ccc3ccccc3c2)CC(=O)[C@H](Cc2ccc(O)cc2)NC(=O)[C@H](Cc2ccccc2)NC1=O. The zero-order valence-electron chi connectivity index (χ0n) is 48.2. The number of carboxylic acids is 1. The molecule has 448 valence electrons. The molecular formula is C65H79N5O12S2. The third-order valence-corrected chi connectivity index (χ3v) is 17.9. The first-order chi connectivity index (χ1) is 40.2. The smallest absolute Gasteiger partial charge is 0.307 e. The minimum absolute atomic E-state index is 0.00350. The van der Waals surface area contributed by atoms with E-state index in [2.05, 4.69) is 16.0 Å². The largest absolute Gasteiger partial charge is 0.508 e. The van der Waals surface area contributed by atoms with Gasteiger partial charge in [0.05, 0.1) is 30.0 Å². The van der Waals surface area contributed by atoms with E-state index in [4.69, 9.17) is 5.73 Å². The van der Waals surface area contributed by atoms with Crippen LogP contribution in [0.15, 0.2) is 127 Å². The Morgan fingerprint density at radius 2 is 1.17 bits per heavy atom. The van der Waals surface area contributed by atoms with Gasteiger partial charge >= 0.3 is 5.97 Å². The Kier molecular flexibility index (Phi) is 25.7. The van der Waals surface area contributed by atoms with Crippen LogP contribution in [0.3, 0.4) is 0 Å². The maximum atomic E-state index is 15.2. The molecular weight excluding hydrogens is 1110 g/mol. The molecule has 1 aliphatic rings. The molecule has 0 bridgehead atoms. The molecule has 8 N–H and O–H groups in total. The lowest BCUT2D eigenvalue weighted by molar-refractivity contribution is -0.143. The molecule has 0 aliphatic carbocycles. The number of fused-ring (bicyclic) bond motifs is 1. The fourth-order valence-corrected chi connectivity index (χ4v) is 13.1. The van der Waals surface area contributed by atoms with Gasteiger partial charge in [0.25, 0.3) is 5.91 Å². The number of ketones is 4. The van der Waals surface area contributed by atoms with Gasteiger partial charge in [0.2, 0.25) is 17.7 Å². The summed E-state index contributed by atoms with van der Waals surface area (Å²) in [6, 6.07) is 30.6. The van der Waals surface area contributed by atoms with Gasteiger partial charge in [-0.1, -0.05) is 139 Å². The number of nitrogens with one attached hydrogen (secondary N) is 3. The number of amides is 4. The number of nitrogens with zero attached hydrogens (tertiary/aromatic N) is 1. The summed E-state index contributed by atoms with van der Waals surface area (Å²) < 4.78 is 0. The number of nitrogens with two attached hydrogens (primary N) is 1. The molecule has 0 radical (unpaired) electrons. The second-order valence-electron chi connectivity index (χ2n) is 22.4. The minimum Gasteiger partial charge on any atom is -0.508 e. The maximum absolute atomic E-state index is 15.2. The number of hydrogen-bond acceptors (Lipinski definition) is 14. The summed E-state index contributed by atoms with van der Waals surface area (Å²) in [4.78, 5) is 132. The average molecular weight is 1190 g/mol. The van der Waals surface area contributed by atoms with Gasteiger partial charge in [-0.3, -0.25) is 43.2 Å². The summed E-state index contributed by atoms with van der Waals surface area (Å²) in [6.07, 6.45) is -2.46. The fraction of sp³-hybridized carbons (Fsp3) is 0.431. The summed E-state index contributed by atoms with van der Waals surface area (Å²) in [5.74, 6) is -10.6. The van der Waals surface area contributed by atoms with E-state index >= 15 is 9.59 Å². The van der Waals surface area contributed by atoms with E-state index in [-0.39, 0.29) is 61.0 Å². The van der Waals surface area contributed by atoms with Crippen molar-refractivity contribution in [3.8, 4) is 5.75 Å². The highest BCUT2D eigenvalue weighted by molar-refractivity contribution is 8.76. The van der Waals surface area contributed by atoms with Gasteiger partial charge in [0.15, 0.2) is 11.6 Å². The third-order valence-electron chi connectivity index (χ3n) is 15.3. The number of phenols is 1. The molecule has 0 aromatic heterocycles. The highest BCUT2D eigenvalue weighted by atomic mass is 33.1. The van der Waals surface area contributed by atoms with E-state index in [9.17, 15) is 48.9 Å². The van der Waals surface area contributed by atoms with Crippen LogP contribution in [0.4, 0.5) is 0 Å². The lowest BCUT2D eigenvalue weighted by Gasteiger charge is -2.31. The first-order valence-corrected chi connectivity index (χ1v) is 31.2. The van der Waals surface area contributed by atoms with E-state index < -0.39 is 132 Å². The van der Waals surface area contributed by atoms with Crippen molar-refractivity contribution in [1.82, 2.24) is 20.9 Å². The molecule has 1 heterocycles. The van der Waals surface area contributed by atoms with Crippen LogP contribution < -0.4 is 21.7 Å². The van der Waals surface area contributed by atoms with E-state index in [1.54, 1.807) is 91.0 Å². The Bertz CT molecular complexity index is 3050. The van der Waals surface area contributed by atoms with Crippen LogP contribution in [0.2, 0.25) is 0 Å². The summed E-state index contributed by atoms with van der Waals surface area (Å²) in [7, 11) is 3.80. The predicted octanol–water partition coefficient (Wildman–Crippen LogP) is 7.51.